The fraction of sp³-hybridized carbons (Fsp3) is 0.517. The van der Waals surface area contributed by atoms with Crippen LogP contribution in [0.5, 0.6) is 11.5 Å². The van der Waals surface area contributed by atoms with E-state index in [0.29, 0.717) is 54.5 Å². The number of hydrogen-bond donors (Lipinski definition) is 5. The minimum atomic E-state index is -0.952. The molecule has 10 heteroatoms. The maximum atomic E-state index is 12.9. The van der Waals surface area contributed by atoms with Gasteiger partial charge in [0.1, 0.15) is 17.6 Å². The van der Waals surface area contributed by atoms with Crippen molar-refractivity contribution < 1.29 is 34.4 Å². The van der Waals surface area contributed by atoms with Crippen molar-refractivity contribution in [2.75, 3.05) is 30.4 Å². The van der Waals surface area contributed by atoms with Crippen molar-refractivity contribution in [3.63, 3.8) is 0 Å². The Morgan fingerprint density at radius 2 is 1.87 bits per heavy atom. The lowest BCUT2D eigenvalue weighted by atomic mass is 9.98. The van der Waals surface area contributed by atoms with Crippen LogP contribution in [-0.2, 0) is 20.7 Å². The smallest absolute Gasteiger partial charge is 0.405 e. The largest absolute Gasteiger partial charge is 0.506 e. The number of nitrogens with two attached hydrogens (primary N) is 1. The number of aliphatic hydroxyl groups is 1. The fourth-order valence-corrected chi connectivity index (χ4v) is 5.02. The summed E-state index contributed by atoms with van der Waals surface area (Å²) in [7, 11) is 1.46. The zero-order valence-corrected chi connectivity index (χ0v) is 23.0. The van der Waals surface area contributed by atoms with Crippen LogP contribution in [0.15, 0.2) is 41.5 Å². The molecule has 2 aliphatic heterocycles. The first-order chi connectivity index (χ1) is 18.6. The Labute approximate surface area is 229 Å². The van der Waals surface area contributed by atoms with Gasteiger partial charge in [0.25, 0.3) is 5.91 Å². The molecule has 2 amide bonds. The van der Waals surface area contributed by atoms with E-state index in [2.05, 4.69) is 10.2 Å². The third kappa shape index (κ3) is 8.00. The van der Waals surface area contributed by atoms with Gasteiger partial charge >= 0.3 is 6.09 Å². The quantitative estimate of drug-likeness (QED) is 0.217. The Bertz CT molecular complexity index is 1120. The summed E-state index contributed by atoms with van der Waals surface area (Å²) in [6.07, 6.45) is 8.22. The van der Waals surface area contributed by atoms with E-state index in [4.69, 9.17) is 15.2 Å². The highest BCUT2D eigenvalue weighted by molar-refractivity contribution is 6.05. The molecule has 0 radical (unpaired) electrons. The number of carbonyl (C=O) groups is 2. The summed E-state index contributed by atoms with van der Waals surface area (Å²) in [4.78, 5) is 26.6. The van der Waals surface area contributed by atoms with Crippen LogP contribution in [0.25, 0.3) is 0 Å². The molecule has 214 valence electrons. The van der Waals surface area contributed by atoms with Crippen LogP contribution in [0.2, 0.25) is 0 Å². The summed E-state index contributed by atoms with van der Waals surface area (Å²) in [6.45, 7) is 4.96. The van der Waals surface area contributed by atoms with Crippen molar-refractivity contribution in [3.8, 4) is 11.5 Å². The van der Waals surface area contributed by atoms with E-state index in [1.54, 1.807) is 38.2 Å². The Morgan fingerprint density at radius 1 is 1.15 bits per heavy atom. The van der Waals surface area contributed by atoms with E-state index in [0.717, 1.165) is 25.9 Å². The molecular weight excluding hydrogens is 502 g/mol. The van der Waals surface area contributed by atoms with Gasteiger partial charge in [-0.15, -0.1) is 0 Å². The predicted molar refractivity (Wildman–Crippen MR) is 150 cm³/mol. The second kappa shape index (κ2) is 14.0. The van der Waals surface area contributed by atoms with Gasteiger partial charge in [-0.25, -0.2) is 4.79 Å². The molecule has 2 bridgehead atoms. The van der Waals surface area contributed by atoms with Gasteiger partial charge in [-0.1, -0.05) is 30.7 Å². The van der Waals surface area contributed by atoms with Gasteiger partial charge in [-0.05, 0) is 57.9 Å². The standard InChI is InChI=1S/C29H41N3O7/c1-18-13-14-20(33)10-4-5-11-21-25(32-15-6-7-16-32)23(34)17-22(26(21)35)31-28(36)19(2)9-8-12-24(38-3)27(18)39-29(30)37/h8-9,12-13,17,20,24,27,33-35H,4-7,10-11,14-16H2,1-3H3,(H2,30,37)(H,31,36)/b12-8-,18-13+,19-9+. The van der Waals surface area contributed by atoms with Gasteiger partial charge in [-0.2, -0.15) is 0 Å². The van der Waals surface area contributed by atoms with Gasteiger partial charge < -0.3 is 40.7 Å². The molecule has 0 saturated carbocycles. The van der Waals surface area contributed by atoms with Crippen molar-refractivity contribution in [2.45, 2.75) is 77.1 Å². The molecule has 10 nitrogen and oxygen atoms in total. The number of phenolic OH excluding ortho intramolecular Hbond substituents is 2. The summed E-state index contributed by atoms with van der Waals surface area (Å²) in [5, 5.41) is 35.4. The summed E-state index contributed by atoms with van der Waals surface area (Å²) >= 11 is 0. The Hall–Kier alpha value is -3.50. The highest BCUT2D eigenvalue weighted by Gasteiger charge is 2.26. The third-order valence-electron chi connectivity index (χ3n) is 7.21. The average molecular weight is 544 g/mol. The van der Waals surface area contributed by atoms with E-state index in [9.17, 15) is 24.9 Å². The van der Waals surface area contributed by atoms with Crippen LogP contribution in [0.3, 0.4) is 0 Å². The zero-order valence-electron chi connectivity index (χ0n) is 23.0. The van der Waals surface area contributed by atoms with Gasteiger partial charge in [0.15, 0.2) is 6.10 Å². The number of nitrogens with zero attached hydrogens (tertiary/aromatic N) is 1. The van der Waals surface area contributed by atoms with Gasteiger partial charge in [0.05, 0.1) is 17.5 Å². The fourth-order valence-electron chi connectivity index (χ4n) is 5.02. The summed E-state index contributed by atoms with van der Waals surface area (Å²) in [5.41, 5.74) is 7.63. The molecule has 1 saturated heterocycles. The molecule has 39 heavy (non-hydrogen) atoms. The molecule has 3 rings (SSSR count). The normalized spacial score (nSPS) is 27.1. The topological polar surface area (TPSA) is 155 Å². The number of aromatic hydroxyl groups is 2. The van der Waals surface area contributed by atoms with Crippen LogP contribution in [0, 0.1) is 0 Å². The number of rotatable bonds is 3. The first-order valence-electron chi connectivity index (χ1n) is 13.4. The highest BCUT2D eigenvalue weighted by Crippen LogP contribution is 2.44. The number of allylic oxidation sites excluding steroid dienone is 2. The maximum absolute atomic E-state index is 12.9. The molecule has 1 aromatic rings. The highest BCUT2D eigenvalue weighted by atomic mass is 16.6. The van der Waals surface area contributed by atoms with Crippen molar-refractivity contribution in [1.82, 2.24) is 0 Å². The minimum Gasteiger partial charge on any atom is -0.506 e. The SMILES string of the molecule is COC1/C=C\C=C(/C)C(=O)Nc2cc(O)c(N3CCCC3)c(c2O)CCCCC(O)C/C=C(\C)C1OC(N)=O. The van der Waals surface area contributed by atoms with Crippen molar-refractivity contribution >= 4 is 23.4 Å². The predicted octanol–water partition coefficient (Wildman–Crippen LogP) is 4.04. The maximum Gasteiger partial charge on any atom is 0.405 e. The van der Waals surface area contributed by atoms with E-state index in [1.807, 2.05) is 0 Å². The van der Waals surface area contributed by atoms with Crippen LogP contribution >= 0.6 is 0 Å². The number of primary amides is 1. The summed E-state index contributed by atoms with van der Waals surface area (Å²) in [6, 6.07) is 1.39. The zero-order chi connectivity index (χ0) is 28.5. The summed E-state index contributed by atoms with van der Waals surface area (Å²) in [5.74, 6) is -0.504. The first kappa shape index (κ1) is 30.0. The van der Waals surface area contributed by atoms with Gasteiger partial charge in [0.2, 0.25) is 0 Å². The van der Waals surface area contributed by atoms with Crippen LogP contribution in [0.4, 0.5) is 16.2 Å². The van der Waals surface area contributed by atoms with Gasteiger partial charge in [0, 0.05) is 37.4 Å². The molecule has 1 aromatic carbocycles. The molecule has 0 spiro atoms. The molecule has 6 N–H and O–H groups in total. The Balaban J connectivity index is 1.97. The van der Waals surface area contributed by atoms with E-state index in [1.165, 1.54) is 13.2 Å². The Kier molecular flexibility index (Phi) is 10.8. The molecule has 0 aliphatic carbocycles. The minimum absolute atomic E-state index is 0.0106. The number of fused-ring (bicyclic) bond motifs is 2. The first-order valence-corrected chi connectivity index (χ1v) is 13.4. The lowest BCUT2D eigenvalue weighted by Crippen LogP contribution is -2.34. The Morgan fingerprint density at radius 3 is 2.54 bits per heavy atom. The number of nitrogens with one attached hydrogen (secondary N) is 1. The number of phenols is 2. The number of carbonyl (C=O) groups excluding carboxylic acids is 2. The molecule has 3 atom stereocenters. The van der Waals surface area contributed by atoms with Crippen LogP contribution < -0.4 is 16.0 Å². The molecule has 3 unspecified atom stereocenters. The van der Waals surface area contributed by atoms with Crippen LogP contribution in [0.1, 0.15) is 57.9 Å². The van der Waals surface area contributed by atoms with E-state index >= 15 is 0 Å². The average Bonchev–Trinajstić information content (AvgIpc) is 3.42. The molecule has 1 fully saturated rings. The second-order valence-corrected chi connectivity index (χ2v) is 10.1. The van der Waals surface area contributed by atoms with Gasteiger partial charge in [-0.3, -0.25) is 4.79 Å². The van der Waals surface area contributed by atoms with E-state index < -0.39 is 30.3 Å². The monoisotopic (exact) mass is 543 g/mol. The molecule has 2 aliphatic rings. The molecular formula is C29H41N3O7. The number of anilines is 2. The lowest BCUT2D eigenvalue weighted by molar-refractivity contribution is -0.112. The number of benzene rings is 1. The van der Waals surface area contributed by atoms with Crippen molar-refractivity contribution in [1.29, 1.82) is 0 Å². The number of ether oxygens (including phenoxy) is 2. The summed E-state index contributed by atoms with van der Waals surface area (Å²) < 4.78 is 10.8. The second-order valence-electron chi connectivity index (χ2n) is 10.1. The number of methoxy groups -OCH3 is 1. The number of hydrogen-bond acceptors (Lipinski definition) is 8. The molecule has 2 heterocycles. The van der Waals surface area contributed by atoms with Crippen molar-refractivity contribution in [3.05, 3.63) is 47.1 Å². The number of aliphatic hydroxyl groups excluding tert-OH is 1. The van der Waals surface area contributed by atoms with Crippen molar-refractivity contribution in [2.24, 2.45) is 5.73 Å². The van der Waals surface area contributed by atoms with E-state index in [-0.39, 0.29) is 17.2 Å². The third-order valence-corrected chi connectivity index (χ3v) is 7.21. The molecule has 0 aromatic heterocycles. The number of amides is 2. The lowest BCUT2D eigenvalue weighted by Gasteiger charge is -2.25. The van der Waals surface area contributed by atoms with Crippen LogP contribution in [-0.4, -0.2) is 65.8 Å².